The number of cyclic esters (lactones) is 1. The maximum atomic E-state index is 13.3. The minimum absolute atomic E-state index is 0.0154. The Balaban J connectivity index is 1.72. The summed E-state index contributed by atoms with van der Waals surface area (Å²) in [4.78, 5) is 28.4. The second kappa shape index (κ2) is 9.22. The van der Waals surface area contributed by atoms with Crippen molar-refractivity contribution in [2.45, 2.75) is 32.6 Å². The van der Waals surface area contributed by atoms with Crippen molar-refractivity contribution in [3.63, 3.8) is 0 Å². The number of carbonyl (C=O) groups is 2. The maximum absolute atomic E-state index is 13.3. The summed E-state index contributed by atoms with van der Waals surface area (Å²) in [7, 11) is 0. The fraction of sp³-hybridized carbons (Fsp3) is 0.381. The van der Waals surface area contributed by atoms with Crippen LogP contribution in [0.5, 0.6) is 0 Å². The van der Waals surface area contributed by atoms with Crippen molar-refractivity contribution in [2.75, 3.05) is 18.5 Å². The number of rotatable bonds is 6. The number of pyridine rings is 1. The predicted octanol–water partition coefficient (Wildman–Crippen LogP) is 4.42. The molecule has 0 saturated carbocycles. The Morgan fingerprint density at radius 3 is 2.86 bits per heavy atom. The van der Waals surface area contributed by atoms with E-state index in [0.29, 0.717) is 36.6 Å². The zero-order valence-electron chi connectivity index (χ0n) is 16.3. The highest BCUT2D eigenvalue weighted by molar-refractivity contribution is 6.31. The molecule has 0 radical (unpaired) electrons. The molecule has 1 amide bonds. The van der Waals surface area contributed by atoms with E-state index in [4.69, 9.17) is 16.3 Å². The van der Waals surface area contributed by atoms with Crippen LogP contribution in [-0.4, -0.2) is 30.0 Å². The van der Waals surface area contributed by atoms with E-state index in [0.717, 1.165) is 12.0 Å². The Morgan fingerprint density at radius 1 is 1.38 bits per heavy atom. The number of halogens is 2. The van der Waals surface area contributed by atoms with Crippen LogP contribution < -0.4 is 10.6 Å². The van der Waals surface area contributed by atoms with Gasteiger partial charge in [0.1, 0.15) is 11.6 Å². The summed E-state index contributed by atoms with van der Waals surface area (Å²) in [5.74, 6) is -0.247. The first kappa shape index (κ1) is 21.0. The van der Waals surface area contributed by atoms with Gasteiger partial charge < -0.3 is 15.4 Å². The average Bonchev–Trinajstić information content (AvgIpc) is 2.69. The monoisotopic (exact) mass is 419 g/mol. The Hall–Kier alpha value is -2.67. The Morgan fingerprint density at radius 2 is 2.17 bits per heavy atom. The number of amides is 1. The molecule has 2 N–H and O–H groups in total. The first-order chi connectivity index (χ1) is 13.8. The van der Waals surface area contributed by atoms with Gasteiger partial charge in [0.2, 0.25) is 0 Å². The molecule has 1 unspecified atom stereocenters. The first-order valence-corrected chi connectivity index (χ1v) is 9.87. The number of aromatic nitrogens is 1. The van der Waals surface area contributed by atoms with Gasteiger partial charge in [-0.3, -0.25) is 9.59 Å². The van der Waals surface area contributed by atoms with Gasteiger partial charge in [0.25, 0.3) is 5.91 Å². The van der Waals surface area contributed by atoms with Crippen molar-refractivity contribution in [1.29, 1.82) is 0 Å². The number of ether oxygens (including phenoxy) is 1. The Labute approximate surface area is 173 Å². The number of nitrogens with one attached hydrogen (secondary N) is 2. The number of hydrogen-bond donors (Lipinski definition) is 2. The van der Waals surface area contributed by atoms with Gasteiger partial charge in [0.15, 0.2) is 0 Å². The molecule has 1 saturated heterocycles. The highest BCUT2D eigenvalue weighted by atomic mass is 35.5. The van der Waals surface area contributed by atoms with E-state index >= 15 is 0 Å². The van der Waals surface area contributed by atoms with Crippen LogP contribution in [-0.2, 0) is 9.53 Å². The lowest BCUT2D eigenvalue weighted by atomic mass is 9.97. The lowest BCUT2D eigenvalue weighted by Crippen LogP contribution is -2.34. The molecule has 1 aliphatic heterocycles. The van der Waals surface area contributed by atoms with E-state index in [1.54, 1.807) is 12.1 Å². The van der Waals surface area contributed by atoms with Crippen molar-refractivity contribution < 1.29 is 18.7 Å². The van der Waals surface area contributed by atoms with Crippen LogP contribution in [0, 0.1) is 11.7 Å². The van der Waals surface area contributed by atoms with E-state index in [-0.39, 0.29) is 28.7 Å². The molecule has 154 valence electrons. The summed E-state index contributed by atoms with van der Waals surface area (Å²) < 4.78 is 18.3. The number of anilines is 2. The third kappa shape index (κ3) is 5.44. The van der Waals surface area contributed by atoms with Crippen molar-refractivity contribution in [3.05, 3.63) is 52.4 Å². The van der Waals surface area contributed by atoms with Gasteiger partial charge in [0.05, 0.1) is 23.6 Å². The summed E-state index contributed by atoms with van der Waals surface area (Å²) in [5, 5.41) is 5.99. The van der Waals surface area contributed by atoms with Gasteiger partial charge >= 0.3 is 5.97 Å². The van der Waals surface area contributed by atoms with Gasteiger partial charge in [-0.25, -0.2) is 9.37 Å². The molecule has 8 heteroatoms. The number of esters is 1. The molecule has 2 aromatic rings. The maximum Gasteiger partial charge on any atom is 0.306 e. The third-order valence-electron chi connectivity index (χ3n) is 4.79. The van der Waals surface area contributed by atoms with Gasteiger partial charge in [-0.1, -0.05) is 25.4 Å². The molecule has 0 aliphatic carbocycles. The molecule has 6 nitrogen and oxygen atoms in total. The molecule has 0 spiro atoms. The predicted molar refractivity (Wildman–Crippen MR) is 109 cm³/mol. The topological polar surface area (TPSA) is 80.3 Å². The lowest BCUT2D eigenvalue weighted by molar-refractivity contribution is -0.149. The lowest BCUT2D eigenvalue weighted by Gasteiger charge is -2.22. The third-order valence-corrected chi connectivity index (χ3v) is 5.08. The van der Waals surface area contributed by atoms with Crippen LogP contribution in [0.25, 0.3) is 0 Å². The largest absolute Gasteiger partial charge is 0.466 e. The molecule has 0 bridgehead atoms. The van der Waals surface area contributed by atoms with Crippen molar-refractivity contribution >= 4 is 35.0 Å². The second-order valence-corrected chi connectivity index (χ2v) is 7.76. The zero-order valence-corrected chi connectivity index (χ0v) is 17.1. The minimum atomic E-state index is -0.494. The molecule has 1 aliphatic rings. The normalized spacial score (nSPS) is 16.4. The second-order valence-electron chi connectivity index (χ2n) is 7.35. The van der Waals surface area contributed by atoms with Crippen LogP contribution in [0.2, 0.25) is 5.02 Å². The van der Waals surface area contributed by atoms with E-state index in [9.17, 15) is 14.0 Å². The van der Waals surface area contributed by atoms with Crippen molar-refractivity contribution in [3.8, 4) is 0 Å². The fourth-order valence-corrected chi connectivity index (χ4v) is 3.35. The first-order valence-electron chi connectivity index (χ1n) is 9.49. The zero-order chi connectivity index (χ0) is 21.0. The molecule has 1 aromatic carbocycles. The SMILES string of the molecule is CC(C)c1cc(Nc2ccc(F)c(Cl)c2)ncc1C(=O)NCC1CCOC(=O)C1. The van der Waals surface area contributed by atoms with Gasteiger partial charge in [0, 0.05) is 18.4 Å². The van der Waals surface area contributed by atoms with E-state index in [1.165, 1.54) is 18.3 Å². The number of hydrogen-bond acceptors (Lipinski definition) is 5. The van der Waals surface area contributed by atoms with Gasteiger partial charge in [-0.05, 0) is 48.1 Å². The highest BCUT2D eigenvalue weighted by Crippen LogP contribution is 2.26. The molecule has 2 heterocycles. The quantitative estimate of drug-likeness (QED) is 0.677. The highest BCUT2D eigenvalue weighted by Gasteiger charge is 2.22. The molecular formula is C21H23ClFN3O3. The molecule has 3 rings (SSSR count). The summed E-state index contributed by atoms with van der Waals surface area (Å²) in [6.45, 7) is 4.79. The Kier molecular flexibility index (Phi) is 6.69. The standard InChI is InChI=1S/C21H23ClFN3O3/c1-12(2)15-9-19(26-14-3-4-18(23)17(22)8-14)24-11-16(15)21(28)25-10-13-5-6-29-20(27)7-13/h3-4,8-9,11-13H,5-7,10H2,1-2H3,(H,24,26)(H,25,28). The molecule has 1 aromatic heterocycles. The van der Waals surface area contributed by atoms with Crippen LogP contribution in [0.4, 0.5) is 15.9 Å². The molecule has 29 heavy (non-hydrogen) atoms. The summed E-state index contributed by atoms with van der Waals surface area (Å²) in [6, 6.07) is 6.11. The molecule has 1 atom stereocenters. The van der Waals surface area contributed by atoms with E-state index in [2.05, 4.69) is 15.6 Å². The Bertz CT molecular complexity index is 920. The van der Waals surface area contributed by atoms with Crippen LogP contribution >= 0.6 is 11.6 Å². The number of carbonyl (C=O) groups excluding carboxylic acids is 2. The summed E-state index contributed by atoms with van der Waals surface area (Å²) >= 11 is 5.82. The fourth-order valence-electron chi connectivity index (χ4n) is 3.17. The average molecular weight is 420 g/mol. The van der Waals surface area contributed by atoms with Crippen molar-refractivity contribution in [2.24, 2.45) is 5.92 Å². The van der Waals surface area contributed by atoms with E-state index in [1.807, 2.05) is 13.8 Å². The van der Waals surface area contributed by atoms with E-state index < -0.39 is 5.82 Å². The van der Waals surface area contributed by atoms with Gasteiger partial charge in [-0.15, -0.1) is 0 Å². The smallest absolute Gasteiger partial charge is 0.306 e. The number of nitrogens with zero attached hydrogens (tertiary/aromatic N) is 1. The minimum Gasteiger partial charge on any atom is -0.466 e. The van der Waals surface area contributed by atoms with Crippen molar-refractivity contribution in [1.82, 2.24) is 10.3 Å². The van der Waals surface area contributed by atoms with Crippen LogP contribution in [0.1, 0.15) is 48.5 Å². The summed E-state index contributed by atoms with van der Waals surface area (Å²) in [5.41, 5.74) is 1.91. The van der Waals surface area contributed by atoms with Crippen LogP contribution in [0.3, 0.4) is 0 Å². The molecule has 1 fully saturated rings. The molecular weight excluding hydrogens is 397 g/mol. The van der Waals surface area contributed by atoms with Crippen LogP contribution in [0.15, 0.2) is 30.5 Å². The number of benzene rings is 1. The van der Waals surface area contributed by atoms with Gasteiger partial charge in [-0.2, -0.15) is 0 Å². The summed E-state index contributed by atoms with van der Waals surface area (Å²) in [6.07, 6.45) is 2.58.